The van der Waals surface area contributed by atoms with E-state index in [9.17, 15) is 4.79 Å². The molecule has 0 aromatic heterocycles. The van der Waals surface area contributed by atoms with Gasteiger partial charge >= 0.3 is 5.97 Å². The van der Waals surface area contributed by atoms with Crippen LogP contribution in [0.3, 0.4) is 0 Å². The highest BCUT2D eigenvalue weighted by Crippen LogP contribution is 2.21. The summed E-state index contributed by atoms with van der Waals surface area (Å²) >= 11 is 0. The Morgan fingerprint density at radius 2 is 2.10 bits per heavy atom. The third-order valence-corrected chi connectivity index (χ3v) is 3.34. The number of ether oxygens (including phenoxy) is 2. The number of hydrogen-bond donors (Lipinski definition) is 1. The second kappa shape index (κ2) is 8.12. The minimum atomic E-state index is -0.234. The number of esters is 1. The van der Waals surface area contributed by atoms with Crippen molar-refractivity contribution in [2.24, 2.45) is 0 Å². The van der Waals surface area contributed by atoms with Crippen LogP contribution in [-0.2, 0) is 9.53 Å². The summed E-state index contributed by atoms with van der Waals surface area (Å²) in [6.45, 7) is 6.01. The Kier molecular flexibility index (Phi) is 6.82. The molecule has 1 aromatic carbocycles. The number of carbonyl (C=O) groups is 1. The summed E-state index contributed by atoms with van der Waals surface area (Å²) in [7, 11) is 0. The molecule has 2 atom stereocenters. The van der Waals surface area contributed by atoms with Crippen molar-refractivity contribution in [3.8, 4) is 5.75 Å². The molecule has 0 aliphatic carbocycles. The summed E-state index contributed by atoms with van der Waals surface area (Å²) in [5.74, 6) is 0.437. The largest absolute Gasteiger partial charge is 0.489 e. The lowest BCUT2D eigenvalue weighted by molar-refractivity contribution is -0.144. The van der Waals surface area contributed by atoms with Crippen molar-refractivity contribution in [2.75, 3.05) is 19.7 Å². The average Bonchev–Trinajstić information content (AvgIpc) is 2.92. The fraction of sp³-hybridized carbons (Fsp3) is 0.533. The van der Waals surface area contributed by atoms with E-state index < -0.39 is 0 Å². The lowest BCUT2D eigenvalue weighted by Gasteiger charge is -2.14. The molecule has 1 N–H and O–H groups in total. The number of rotatable bonds is 5. The summed E-state index contributed by atoms with van der Waals surface area (Å²) in [5, 5.41) is 3.26. The van der Waals surface area contributed by atoms with Crippen LogP contribution in [0.2, 0.25) is 0 Å². The summed E-state index contributed by atoms with van der Waals surface area (Å²) in [6, 6.07) is 7.70. The fourth-order valence-corrected chi connectivity index (χ4v) is 2.16. The average molecular weight is 300 g/mol. The zero-order valence-electron chi connectivity index (χ0n) is 11.9. The first kappa shape index (κ1) is 16.8. The molecule has 0 bridgehead atoms. The van der Waals surface area contributed by atoms with Gasteiger partial charge in [0.1, 0.15) is 11.9 Å². The summed E-state index contributed by atoms with van der Waals surface area (Å²) in [6.07, 6.45) is 1.30. The van der Waals surface area contributed by atoms with E-state index in [1.807, 2.05) is 38.1 Å². The molecule has 1 aromatic rings. The topological polar surface area (TPSA) is 47.6 Å². The Morgan fingerprint density at radius 3 is 2.65 bits per heavy atom. The zero-order chi connectivity index (χ0) is 13.7. The van der Waals surface area contributed by atoms with Crippen LogP contribution in [0, 0.1) is 0 Å². The maximum Gasteiger partial charge on any atom is 0.313 e. The van der Waals surface area contributed by atoms with Crippen molar-refractivity contribution in [2.45, 2.75) is 32.3 Å². The van der Waals surface area contributed by atoms with Gasteiger partial charge in [-0.25, -0.2) is 0 Å². The zero-order valence-corrected chi connectivity index (χ0v) is 12.7. The highest BCUT2D eigenvalue weighted by atomic mass is 35.5. The van der Waals surface area contributed by atoms with Crippen molar-refractivity contribution >= 4 is 18.4 Å². The smallest absolute Gasteiger partial charge is 0.313 e. The van der Waals surface area contributed by atoms with E-state index in [2.05, 4.69) is 5.32 Å². The van der Waals surface area contributed by atoms with Crippen LogP contribution in [0.1, 0.15) is 31.7 Å². The first-order valence-electron chi connectivity index (χ1n) is 6.84. The van der Waals surface area contributed by atoms with Gasteiger partial charge in [-0.1, -0.05) is 12.1 Å². The van der Waals surface area contributed by atoms with Crippen LogP contribution in [0.5, 0.6) is 5.75 Å². The van der Waals surface area contributed by atoms with Crippen LogP contribution in [-0.4, -0.2) is 31.8 Å². The maximum atomic E-state index is 11.6. The molecule has 1 aliphatic heterocycles. The molecule has 4 nitrogen and oxygen atoms in total. The van der Waals surface area contributed by atoms with E-state index >= 15 is 0 Å². The molecule has 1 heterocycles. The van der Waals surface area contributed by atoms with Crippen LogP contribution >= 0.6 is 12.4 Å². The highest BCUT2D eigenvalue weighted by Gasteiger charge is 2.18. The Balaban J connectivity index is 0.00000200. The van der Waals surface area contributed by atoms with Crippen molar-refractivity contribution in [1.29, 1.82) is 0 Å². The number of carbonyl (C=O) groups excluding carboxylic acids is 1. The van der Waals surface area contributed by atoms with Crippen molar-refractivity contribution in [3.05, 3.63) is 29.8 Å². The van der Waals surface area contributed by atoms with Crippen LogP contribution < -0.4 is 10.1 Å². The number of halogens is 1. The number of nitrogens with one attached hydrogen (secondary N) is 1. The minimum Gasteiger partial charge on any atom is -0.489 e. The predicted molar refractivity (Wildman–Crippen MR) is 80.6 cm³/mol. The fourth-order valence-electron chi connectivity index (χ4n) is 2.16. The van der Waals surface area contributed by atoms with E-state index in [0.29, 0.717) is 6.61 Å². The molecule has 112 valence electrons. The summed E-state index contributed by atoms with van der Waals surface area (Å²) in [4.78, 5) is 11.6. The molecule has 5 heteroatoms. The van der Waals surface area contributed by atoms with Gasteiger partial charge in [0.05, 0.1) is 12.5 Å². The number of benzene rings is 1. The predicted octanol–water partition coefficient (Wildman–Crippen LogP) is 2.52. The van der Waals surface area contributed by atoms with Gasteiger partial charge in [0.25, 0.3) is 0 Å². The molecule has 0 spiro atoms. The Bertz CT molecular complexity index is 416. The molecular formula is C15H22ClNO3. The summed E-state index contributed by atoms with van der Waals surface area (Å²) in [5.41, 5.74) is 0.954. The molecule has 2 unspecified atom stereocenters. The second-order valence-electron chi connectivity index (χ2n) is 4.78. The monoisotopic (exact) mass is 299 g/mol. The van der Waals surface area contributed by atoms with Gasteiger partial charge < -0.3 is 14.8 Å². The van der Waals surface area contributed by atoms with E-state index in [1.165, 1.54) is 0 Å². The number of hydrogen-bond acceptors (Lipinski definition) is 4. The van der Waals surface area contributed by atoms with Gasteiger partial charge in [0.2, 0.25) is 0 Å². The van der Waals surface area contributed by atoms with Crippen LogP contribution in [0.4, 0.5) is 0 Å². The van der Waals surface area contributed by atoms with Crippen molar-refractivity contribution < 1.29 is 14.3 Å². The van der Waals surface area contributed by atoms with E-state index in [1.54, 1.807) is 0 Å². The molecule has 0 saturated carbocycles. The molecule has 2 rings (SSSR count). The van der Waals surface area contributed by atoms with Gasteiger partial charge in [0.15, 0.2) is 0 Å². The Labute approximate surface area is 126 Å². The molecule has 1 saturated heterocycles. The maximum absolute atomic E-state index is 11.6. The normalized spacial score (nSPS) is 19.0. The first-order valence-corrected chi connectivity index (χ1v) is 6.84. The molecule has 0 radical (unpaired) electrons. The van der Waals surface area contributed by atoms with Crippen molar-refractivity contribution in [1.82, 2.24) is 5.32 Å². The Hall–Kier alpha value is -1.26. The quantitative estimate of drug-likeness (QED) is 0.849. The first-order chi connectivity index (χ1) is 9.20. The molecule has 1 aliphatic rings. The van der Waals surface area contributed by atoms with Gasteiger partial charge in [-0.15, -0.1) is 12.4 Å². The molecule has 20 heavy (non-hydrogen) atoms. The summed E-state index contributed by atoms with van der Waals surface area (Å²) < 4.78 is 10.9. The minimum absolute atomic E-state index is 0. The molecule has 0 amide bonds. The Morgan fingerprint density at radius 1 is 1.40 bits per heavy atom. The van der Waals surface area contributed by atoms with Crippen LogP contribution in [0.25, 0.3) is 0 Å². The van der Waals surface area contributed by atoms with E-state index in [4.69, 9.17) is 9.47 Å². The molecular weight excluding hydrogens is 278 g/mol. The van der Waals surface area contributed by atoms with Gasteiger partial charge in [-0.05, 0) is 44.5 Å². The van der Waals surface area contributed by atoms with Gasteiger partial charge in [-0.2, -0.15) is 0 Å². The van der Waals surface area contributed by atoms with Gasteiger partial charge in [-0.3, -0.25) is 4.79 Å². The SMILES string of the molecule is CCOC(=O)C(C)c1ccc(OC2CCNC2)cc1.Cl. The van der Waals surface area contributed by atoms with Crippen molar-refractivity contribution in [3.63, 3.8) is 0 Å². The lowest BCUT2D eigenvalue weighted by atomic mass is 10.0. The van der Waals surface area contributed by atoms with E-state index in [0.717, 1.165) is 30.8 Å². The molecule has 1 fully saturated rings. The standard InChI is InChI=1S/C15H21NO3.ClH/c1-3-18-15(17)11(2)12-4-6-13(7-5-12)19-14-8-9-16-10-14;/h4-7,11,14,16H,3,8-10H2,1-2H3;1H. The third-order valence-electron chi connectivity index (χ3n) is 3.34. The lowest BCUT2D eigenvalue weighted by Crippen LogP contribution is -2.19. The highest BCUT2D eigenvalue weighted by molar-refractivity contribution is 5.85. The third kappa shape index (κ3) is 4.39. The van der Waals surface area contributed by atoms with E-state index in [-0.39, 0.29) is 30.4 Å². The van der Waals surface area contributed by atoms with Crippen LogP contribution in [0.15, 0.2) is 24.3 Å². The van der Waals surface area contributed by atoms with Gasteiger partial charge in [0, 0.05) is 6.54 Å². The second-order valence-corrected chi connectivity index (χ2v) is 4.78.